The second-order valence-corrected chi connectivity index (χ2v) is 11.3. The van der Waals surface area contributed by atoms with Crippen LogP contribution >= 0.6 is 11.6 Å². The number of ketones is 2. The lowest BCUT2D eigenvalue weighted by Crippen LogP contribution is -2.66. The monoisotopic (exact) mass is 500 g/mol. The van der Waals surface area contributed by atoms with Gasteiger partial charge in [-0.05, 0) is 67.9 Å². The number of aliphatic carboxylic acids is 1. The lowest BCUT2D eigenvalue weighted by atomic mass is 9.42. The normalized spacial score (nSPS) is 45.8. The standard InChI is InChI=1S/C25H31ClF2O6/c1-12-8-13-14-9-16(27)15-10-17(29)20(33)21(34)23(15,3)25(14,28)7-6-22(13,2)24(12,18(30)11-26)5-4-19(31)32/h10,12-14,16,29,33H,4-9,11H2,1-3H3,(H,31,32)/t12-,13-,14-,16-,22-,23+,24+,25+/m0/s1. The first-order chi connectivity index (χ1) is 15.7. The summed E-state index contributed by atoms with van der Waals surface area (Å²) < 4.78 is 32.8. The van der Waals surface area contributed by atoms with Gasteiger partial charge in [-0.2, -0.15) is 0 Å². The number of hydrogen-bond donors (Lipinski definition) is 3. The highest BCUT2D eigenvalue weighted by atomic mass is 35.5. The van der Waals surface area contributed by atoms with Crippen molar-refractivity contribution in [3.8, 4) is 0 Å². The maximum Gasteiger partial charge on any atom is 0.303 e. The molecule has 4 rings (SSSR count). The van der Waals surface area contributed by atoms with E-state index in [-0.39, 0.29) is 55.3 Å². The first-order valence-corrected chi connectivity index (χ1v) is 12.3. The van der Waals surface area contributed by atoms with Crippen LogP contribution in [0.25, 0.3) is 0 Å². The third-order valence-corrected chi connectivity index (χ3v) is 10.4. The number of Topliss-reactive ketones (excluding diaryl/α,β-unsaturated/α-hetero) is 2. The summed E-state index contributed by atoms with van der Waals surface area (Å²) in [5, 5.41) is 29.5. The zero-order chi connectivity index (χ0) is 25.4. The predicted molar refractivity (Wildman–Crippen MR) is 120 cm³/mol. The lowest BCUT2D eigenvalue weighted by Gasteiger charge is -2.62. The summed E-state index contributed by atoms with van der Waals surface area (Å²) in [6, 6.07) is 0. The molecule has 0 aromatic carbocycles. The van der Waals surface area contributed by atoms with E-state index in [9.17, 15) is 29.7 Å². The fourth-order valence-electron chi connectivity index (χ4n) is 8.38. The van der Waals surface area contributed by atoms with Crippen molar-refractivity contribution in [2.75, 3.05) is 5.88 Å². The number of hydrogen-bond acceptors (Lipinski definition) is 5. The van der Waals surface area contributed by atoms with Crippen molar-refractivity contribution in [3.63, 3.8) is 0 Å². The number of allylic oxidation sites excluding steroid dienone is 3. The first-order valence-electron chi connectivity index (χ1n) is 11.8. The number of halogens is 3. The van der Waals surface area contributed by atoms with Gasteiger partial charge in [0.05, 0.1) is 11.3 Å². The third-order valence-electron chi connectivity index (χ3n) is 10.1. The number of rotatable bonds is 5. The predicted octanol–water partition coefficient (Wildman–Crippen LogP) is 5.01. The Morgan fingerprint density at radius 3 is 2.41 bits per heavy atom. The van der Waals surface area contributed by atoms with Crippen LogP contribution < -0.4 is 0 Å². The van der Waals surface area contributed by atoms with Crippen molar-refractivity contribution in [1.82, 2.24) is 0 Å². The molecule has 34 heavy (non-hydrogen) atoms. The van der Waals surface area contributed by atoms with E-state index in [1.54, 1.807) is 0 Å². The summed E-state index contributed by atoms with van der Waals surface area (Å²) in [6.07, 6.45) is -0.761. The second-order valence-electron chi connectivity index (χ2n) is 11.0. The third kappa shape index (κ3) is 2.80. The van der Waals surface area contributed by atoms with Crippen molar-refractivity contribution in [2.45, 2.75) is 71.1 Å². The number of aliphatic hydroxyl groups is 2. The molecule has 0 saturated heterocycles. The van der Waals surface area contributed by atoms with Crippen LogP contribution in [0.4, 0.5) is 8.78 Å². The van der Waals surface area contributed by atoms with Gasteiger partial charge in [0.2, 0.25) is 11.5 Å². The summed E-state index contributed by atoms with van der Waals surface area (Å²) in [5.41, 5.74) is -6.29. The number of carbonyl (C=O) groups excluding carboxylic acids is 2. The van der Waals surface area contributed by atoms with Crippen LogP contribution in [0.5, 0.6) is 0 Å². The van der Waals surface area contributed by atoms with E-state index in [0.717, 1.165) is 6.08 Å². The van der Waals surface area contributed by atoms with Crippen LogP contribution in [-0.2, 0) is 14.4 Å². The molecule has 0 aromatic rings. The van der Waals surface area contributed by atoms with E-state index < -0.39 is 63.2 Å². The number of carbonyl (C=O) groups is 3. The summed E-state index contributed by atoms with van der Waals surface area (Å²) in [5.74, 6) is -6.14. The highest BCUT2D eigenvalue weighted by Crippen LogP contribution is 2.74. The fourth-order valence-corrected chi connectivity index (χ4v) is 8.62. The maximum absolute atomic E-state index is 17.2. The number of fused-ring (bicyclic) bond motifs is 5. The van der Waals surface area contributed by atoms with Gasteiger partial charge in [-0.1, -0.05) is 13.8 Å². The van der Waals surface area contributed by atoms with E-state index in [1.807, 2.05) is 13.8 Å². The minimum absolute atomic E-state index is 0.0614. The number of aliphatic hydroxyl groups excluding tert-OH is 2. The smallest absolute Gasteiger partial charge is 0.303 e. The van der Waals surface area contributed by atoms with E-state index in [1.165, 1.54) is 6.92 Å². The summed E-state index contributed by atoms with van der Waals surface area (Å²) >= 11 is 6.01. The van der Waals surface area contributed by atoms with Crippen LogP contribution in [0.15, 0.2) is 23.2 Å². The maximum atomic E-state index is 17.2. The molecule has 3 fully saturated rings. The van der Waals surface area contributed by atoms with Crippen molar-refractivity contribution in [1.29, 1.82) is 0 Å². The van der Waals surface area contributed by atoms with Gasteiger partial charge in [-0.15, -0.1) is 11.6 Å². The van der Waals surface area contributed by atoms with Crippen LogP contribution in [0.3, 0.4) is 0 Å². The van der Waals surface area contributed by atoms with Crippen molar-refractivity contribution in [2.24, 2.45) is 34.0 Å². The Morgan fingerprint density at radius 1 is 1.18 bits per heavy atom. The highest BCUT2D eigenvalue weighted by Gasteiger charge is 2.75. The molecule has 4 aliphatic rings. The first kappa shape index (κ1) is 25.1. The molecule has 3 N–H and O–H groups in total. The van der Waals surface area contributed by atoms with Gasteiger partial charge in [-0.25, -0.2) is 8.78 Å². The Bertz CT molecular complexity index is 1020. The zero-order valence-corrected chi connectivity index (χ0v) is 20.3. The van der Waals surface area contributed by atoms with Gasteiger partial charge in [0.1, 0.15) is 11.8 Å². The van der Waals surface area contributed by atoms with Crippen LogP contribution in [0, 0.1) is 34.0 Å². The summed E-state index contributed by atoms with van der Waals surface area (Å²) in [4.78, 5) is 37.9. The molecule has 188 valence electrons. The van der Waals surface area contributed by atoms with Crippen LogP contribution in [-0.4, -0.2) is 50.6 Å². The highest BCUT2D eigenvalue weighted by molar-refractivity contribution is 6.28. The molecule has 9 heteroatoms. The molecule has 0 unspecified atom stereocenters. The Balaban J connectivity index is 1.84. The van der Waals surface area contributed by atoms with Crippen LogP contribution in [0.1, 0.15) is 59.3 Å². The zero-order valence-electron chi connectivity index (χ0n) is 19.5. The SMILES string of the molecule is C[C@H]1C[C@H]2[C@@H]3C[C@H](F)C4=CC(O)=C(O)C(=O)[C@]4(C)[C@@]3(F)CC[C@]2(C)[C@@]1(CCC(=O)O)C(=O)CCl. The molecule has 0 aromatic heterocycles. The number of alkyl halides is 3. The molecule has 8 atom stereocenters. The quantitative estimate of drug-likeness (QED) is 0.457. The molecule has 3 saturated carbocycles. The Labute approximate surface area is 202 Å². The van der Waals surface area contributed by atoms with E-state index in [0.29, 0.717) is 6.42 Å². The molecule has 0 radical (unpaired) electrons. The summed E-state index contributed by atoms with van der Waals surface area (Å²) in [7, 11) is 0. The van der Waals surface area contributed by atoms with E-state index >= 15 is 8.78 Å². The van der Waals surface area contributed by atoms with E-state index in [4.69, 9.17) is 11.6 Å². The Hall–Kier alpha value is -1.96. The van der Waals surface area contributed by atoms with Crippen LogP contribution in [0.2, 0.25) is 0 Å². The van der Waals surface area contributed by atoms with Crippen molar-refractivity contribution in [3.05, 3.63) is 23.2 Å². The number of carboxylic acid groups (broad SMARTS) is 1. The molecule has 0 bridgehead atoms. The average Bonchev–Trinajstić information content (AvgIpc) is 3.01. The molecule has 0 aliphatic heterocycles. The minimum atomic E-state index is -2.20. The second kappa shape index (κ2) is 7.77. The van der Waals surface area contributed by atoms with E-state index in [2.05, 4.69) is 0 Å². The minimum Gasteiger partial charge on any atom is -0.504 e. The number of carboxylic acids is 1. The molecule has 6 nitrogen and oxygen atoms in total. The Morgan fingerprint density at radius 2 is 1.82 bits per heavy atom. The molecule has 4 aliphatic carbocycles. The Kier molecular flexibility index (Phi) is 5.75. The van der Waals surface area contributed by atoms with Gasteiger partial charge in [0.25, 0.3) is 0 Å². The molecular formula is C25H31ClF2O6. The molecular weight excluding hydrogens is 470 g/mol. The van der Waals surface area contributed by atoms with Gasteiger partial charge in [-0.3, -0.25) is 14.4 Å². The molecule has 0 heterocycles. The summed E-state index contributed by atoms with van der Waals surface area (Å²) in [6.45, 7) is 5.00. The lowest BCUT2D eigenvalue weighted by molar-refractivity contribution is -0.178. The molecule has 0 spiro atoms. The largest absolute Gasteiger partial charge is 0.504 e. The topological polar surface area (TPSA) is 112 Å². The van der Waals surface area contributed by atoms with Gasteiger partial charge in [0.15, 0.2) is 11.5 Å². The van der Waals surface area contributed by atoms with Gasteiger partial charge in [0, 0.05) is 17.8 Å². The van der Waals surface area contributed by atoms with Gasteiger partial charge < -0.3 is 15.3 Å². The average molecular weight is 501 g/mol. The van der Waals surface area contributed by atoms with Gasteiger partial charge >= 0.3 is 5.97 Å². The van der Waals surface area contributed by atoms with Crippen molar-refractivity contribution >= 4 is 29.1 Å². The molecule has 0 amide bonds. The van der Waals surface area contributed by atoms with Crippen molar-refractivity contribution < 1.29 is 38.5 Å². The fraction of sp³-hybridized carbons (Fsp3) is 0.720.